The summed E-state index contributed by atoms with van der Waals surface area (Å²) in [7, 11) is -0.968. The van der Waals surface area contributed by atoms with Crippen LogP contribution in [0.3, 0.4) is 0 Å². The second kappa shape index (κ2) is 14.7. The Labute approximate surface area is 143 Å². The SMILES string of the molecule is CCCCCC[Si](C)(CCCCCC)CCCN(CC)CC. The van der Waals surface area contributed by atoms with Crippen molar-refractivity contribution >= 4 is 8.07 Å². The summed E-state index contributed by atoms with van der Waals surface area (Å²) in [5.41, 5.74) is 0. The quantitative estimate of drug-likeness (QED) is 0.219. The van der Waals surface area contributed by atoms with Gasteiger partial charge in [0.05, 0.1) is 8.07 Å². The van der Waals surface area contributed by atoms with Crippen LogP contribution in [0.5, 0.6) is 0 Å². The van der Waals surface area contributed by atoms with Crippen LogP contribution in [0.2, 0.25) is 24.7 Å². The van der Waals surface area contributed by atoms with Crippen molar-refractivity contribution in [1.29, 1.82) is 0 Å². The van der Waals surface area contributed by atoms with E-state index in [4.69, 9.17) is 0 Å². The van der Waals surface area contributed by atoms with Crippen LogP contribution in [-0.2, 0) is 0 Å². The van der Waals surface area contributed by atoms with E-state index in [2.05, 4.69) is 39.1 Å². The summed E-state index contributed by atoms with van der Waals surface area (Å²) in [5, 5.41) is 0. The van der Waals surface area contributed by atoms with Gasteiger partial charge in [0.25, 0.3) is 0 Å². The molecule has 0 aromatic heterocycles. The lowest BCUT2D eigenvalue weighted by atomic mass is 10.2. The third kappa shape index (κ3) is 11.7. The van der Waals surface area contributed by atoms with Gasteiger partial charge in [-0.05, 0) is 26.1 Å². The van der Waals surface area contributed by atoms with Gasteiger partial charge in [0.2, 0.25) is 0 Å². The van der Waals surface area contributed by atoms with Crippen molar-refractivity contribution < 1.29 is 0 Å². The van der Waals surface area contributed by atoms with Crippen molar-refractivity contribution in [3.8, 4) is 0 Å². The van der Waals surface area contributed by atoms with Crippen molar-refractivity contribution in [1.82, 2.24) is 4.90 Å². The third-order valence-corrected chi connectivity index (χ3v) is 10.1. The zero-order chi connectivity index (χ0) is 16.7. The maximum absolute atomic E-state index is 2.72. The number of nitrogens with zero attached hydrogens (tertiary/aromatic N) is 1. The first-order valence-electron chi connectivity index (χ1n) is 10.3. The minimum atomic E-state index is -0.968. The molecule has 0 heterocycles. The molecule has 0 atom stereocenters. The van der Waals surface area contributed by atoms with E-state index in [-0.39, 0.29) is 0 Å². The highest BCUT2D eigenvalue weighted by Crippen LogP contribution is 2.28. The van der Waals surface area contributed by atoms with E-state index < -0.39 is 8.07 Å². The average molecular weight is 328 g/mol. The van der Waals surface area contributed by atoms with Crippen LogP contribution in [0, 0.1) is 0 Å². The Bertz CT molecular complexity index is 214. The van der Waals surface area contributed by atoms with E-state index in [1.807, 2.05) is 0 Å². The Kier molecular flexibility index (Phi) is 14.9. The Morgan fingerprint density at radius 2 is 1.05 bits per heavy atom. The molecule has 0 radical (unpaired) electrons. The van der Waals surface area contributed by atoms with Crippen LogP contribution in [0.15, 0.2) is 0 Å². The number of hydrogen-bond donors (Lipinski definition) is 0. The van der Waals surface area contributed by atoms with Gasteiger partial charge >= 0.3 is 0 Å². The Balaban J connectivity index is 4.17. The molecule has 0 aliphatic rings. The number of hydrogen-bond acceptors (Lipinski definition) is 1. The van der Waals surface area contributed by atoms with Gasteiger partial charge in [-0.25, -0.2) is 0 Å². The Morgan fingerprint density at radius 3 is 1.45 bits per heavy atom. The predicted octanol–water partition coefficient (Wildman–Crippen LogP) is 6.96. The van der Waals surface area contributed by atoms with Crippen molar-refractivity contribution in [2.75, 3.05) is 19.6 Å². The third-order valence-electron chi connectivity index (χ3n) is 5.42. The molecule has 0 N–H and O–H groups in total. The standard InChI is InChI=1S/C20H45NSi/c1-6-10-12-14-18-22(5,19-15-13-11-7-2)20-16-17-21(8-3)9-4/h6-20H2,1-5H3. The molecule has 22 heavy (non-hydrogen) atoms. The first kappa shape index (κ1) is 22.2. The summed E-state index contributed by atoms with van der Waals surface area (Å²) in [6.45, 7) is 15.7. The van der Waals surface area contributed by atoms with Gasteiger partial charge < -0.3 is 4.90 Å². The zero-order valence-corrected chi connectivity index (χ0v) is 17.6. The van der Waals surface area contributed by atoms with Crippen LogP contribution in [0.1, 0.15) is 85.5 Å². The molecule has 0 aliphatic carbocycles. The highest BCUT2D eigenvalue weighted by molar-refractivity contribution is 6.78. The lowest BCUT2D eigenvalue weighted by molar-refractivity contribution is 0.304. The van der Waals surface area contributed by atoms with E-state index >= 15 is 0 Å². The molecule has 1 nitrogen and oxygen atoms in total. The van der Waals surface area contributed by atoms with E-state index in [1.54, 1.807) is 18.1 Å². The predicted molar refractivity (Wildman–Crippen MR) is 107 cm³/mol. The summed E-state index contributed by atoms with van der Waals surface area (Å²) in [5.74, 6) is 0. The zero-order valence-electron chi connectivity index (χ0n) is 16.6. The number of unbranched alkanes of at least 4 members (excludes halogenated alkanes) is 6. The van der Waals surface area contributed by atoms with Gasteiger partial charge in [-0.3, -0.25) is 0 Å². The van der Waals surface area contributed by atoms with Crippen molar-refractivity contribution in [3.63, 3.8) is 0 Å². The molecule has 0 bridgehead atoms. The normalized spacial score (nSPS) is 12.3. The second-order valence-corrected chi connectivity index (χ2v) is 12.7. The maximum atomic E-state index is 2.72. The van der Waals surface area contributed by atoms with Gasteiger partial charge in [0.1, 0.15) is 0 Å². The van der Waals surface area contributed by atoms with Crippen molar-refractivity contribution in [2.45, 2.75) is 110 Å². The maximum Gasteiger partial charge on any atom is 0.0505 e. The van der Waals surface area contributed by atoms with Crippen LogP contribution in [-0.4, -0.2) is 32.6 Å². The largest absolute Gasteiger partial charge is 0.304 e. The molecule has 0 amide bonds. The number of rotatable bonds is 16. The van der Waals surface area contributed by atoms with Gasteiger partial charge in [-0.1, -0.05) is 104 Å². The smallest absolute Gasteiger partial charge is 0.0505 e. The van der Waals surface area contributed by atoms with Gasteiger partial charge in [-0.2, -0.15) is 0 Å². The first-order chi connectivity index (χ1) is 10.6. The highest BCUT2D eigenvalue weighted by atomic mass is 28.3. The summed E-state index contributed by atoms with van der Waals surface area (Å²) in [4.78, 5) is 2.60. The first-order valence-corrected chi connectivity index (χ1v) is 13.5. The molecule has 0 rings (SSSR count). The molecule has 0 aromatic carbocycles. The summed E-state index contributed by atoms with van der Waals surface area (Å²) < 4.78 is 0. The molecule has 0 unspecified atom stereocenters. The average Bonchev–Trinajstić information content (AvgIpc) is 2.53. The minimum Gasteiger partial charge on any atom is -0.304 e. The lowest BCUT2D eigenvalue weighted by Crippen LogP contribution is -2.32. The van der Waals surface area contributed by atoms with Gasteiger partial charge in [-0.15, -0.1) is 0 Å². The molecule has 0 spiro atoms. The van der Waals surface area contributed by atoms with E-state index in [9.17, 15) is 0 Å². The Hall–Kier alpha value is 0.177. The molecule has 0 aliphatic heterocycles. The van der Waals surface area contributed by atoms with Crippen LogP contribution in [0.25, 0.3) is 0 Å². The fourth-order valence-electron chi connectivity index (χ4n) is 3.60. The van der Waals surface area contributed by atoms with Gasteiger partial charge in [0, 0.05) is 0 Å². The lowest BCUT2D eigenvalue weighted by Gasteiger charge is -2.29. The summed E-state index contributed by atoms with van der Waals surface area (Å²) >= 11 is 0. The molecule has 0 fully saturated rings. The molecule has 0 saturated carbocycles. The fourth-order valence-corrected chi connectivity index (χ4v) is 7.57. The minimum absolute atomic E-state index is 0.968. The topological polar surface area (TPSA) is 3.24 Å². The van der Waals surface area contributed by atoms with Crippen molar-refractivity contribution in [3.05, 3.63) is 0 Å². The summed E-state index contributed by atoms with van der Waals surface area (Å²) in [6, 6.07) is 4.76. The highest BCUT2D eigenvalue weighted by Gasteiger charge is 2.25. The van der Waals surface area contributed by atoms with Crippen LogP contribution in [0.4, 0.5) is 0 Å². The van der Waals surface area contributed by atoms with Crippen molar-refractivity contribution in [2.24, 2.45) is 0 Å². The second-order valence-electron chi connectivity index (χ2n) is 7.56. The molecular formula is C20H45NSi. The fraction of sp³-hybridized carbons (Fsp3) is 1.00. The van der Waals surface area contributed by atoms with E-state index in [0.29, 0.717) is 0 Å². The molecule has 134 valence electrons. The molecule has 0 aromatic rings. The summed E-state index contributed by atoms with van der Waals surface area (Å²) in [6.07, 6.45) is 13.1. The van der Waals surface area contributed by atoms with Crippen LogP contribution < -0.4 is 0 Å². The van der Waals surface area contributed by atoms with E-state index in [0.717, 1.165) is 0 Å². The molecule has 2 heteroatoms. The Morgan fingerprint density at radius 1 is 0.591 bits per heavy atom. The molecule has 0 saturated heterocycles. The van der Waals surface area contributed by atoms with Gasteiger partial charge in [0.15, 0.2) is 0 Å². The molecular weight excluding hydrogens is 282 g/mol. The van der Waals surface area contributed by atoms with E-state index in [1.165, 1.54) is 77.4 Å². The monoisotopic (exact) mass is 327 g/mol. The van der Waals surface area contributed by atoms with Crippen LogP contribution >= 0.6 is 0 Å².